The number of nitrogens with one attached hydrogen (secondary N) is 1. The van der Waals surface area contributed by atoms with Crippen LogP contribution in [0.1, 0.15) is 27.2 Å². The summed E-state index contributed by atoms with van der Waals surface area (Å²) in [6.45, 7) is 3.10. The molecule has 0 aliphatic carbocycles. The summed E-state index contributed by atoms with van der Waals surface area (Å²) in [6, 6.07) is 9.91. The molecule has 1 aliphatic heterocycles. The Balaban J connectivity index is 1.95. The number of fused-ring (bicyclic) bond motifs is 1. The number of hydrogen-bond acceptors (Lipinski definition) is 3. The van der Waals surface area contributed by atoms with Crippen molar-refractivity contribution < 1.29 is 22.4 Å². The van der Waals surface area contributed by atoms with Crippen LogP contribution in [0.25, 0.3) is 0 Å². The Morgan fingerprint density at radius 2 is 1.65 bits per heavy atom. The second-order valence-corrected chi connectivity index (χ2v) is 7.27. The fourth-order valence-electron chi connectivity index (χ4n) is 3.75. The molecule has 0 radical (unpaired) electrons. The van der Waals surface area contributed by atoms with Crippen LogP contribution in [0.15, 0.2) is 53.3 Å². The molecule has 3 aromatic rings. The average molecular weight is 431 g/mol. The molecule has 0 fully saturated rings. The standard InChI is InChI=1S/C22H17F4N3O2/c1-12-4-3-5-16(23)20(12)28-11-29(17-8-9-19(30)27-13(17)2)21(31)15-10-14(22(24,25)26)6-7-18(15)28/h3-10H,11H2,1-2H3,(H,27,30). The van der Waals surface area contributed by atoms with Crippen LogP contribution in [0.2, 0.25) is 0 Å². The molecule has 1 aromatic heterocycles. The van der Waals surface area contributed by atoms with Crippen LogP contribution in [0.3, 0.4) is 0 Å². The number of alkyl halides is 3. The van der Waals surface area contributed by atoms with Gasteiger partial charge in [0.25, 0.3) is 5.91 Å². The van der Waals surface area contributed by atoms with E-state index in [4.69, 9.17) is 0 Å². The molecule has 4 rings (SSSR count). The summed E-state index contributed by atoms with van der Waals surface area (Å²) in [4.78, 5) is 30.1. The van der Waals surface area contributed by atoms with Gasteiger partial charge >= 0.3 is 6.18 Å². The number of aromatic nitrogens is 1. The van der Waals surface area contributed by atoms with E-state index in [1.165, 1.54) is 40.1 Å². The first-order valence-corrected chi connectivity index (χ1v) is 9.33. The number of nitrogens with zero attached hydrogens (tertiary/aromatic N) is 2. The first kappa shape index (κ1) is 20.6. The molecular weight excluding hydrogens is 414 g/mol. The molecule has 160 valence electrons. The number of aryl methyl sites for hydroxylation is 2. The third-order valence-corrected chi connectivity index (χ3v) is 5.21. The van der Waals surface area contributed by atoms with Crippen molar-refractivity contribution >= 4 is 23.0 Å². The van der Waals surface area contributed by atoms with Crippen LogP contribution >= 0.6 is 0 Å². The van der Waals surface area contributed by atoms with E-state index in [1.807, 2.05) is 0 Å². The molecule has 0 saturated heterocycles. The largest absolute Gasteiger partial charge is 0.416 e. The molecule has 1 N–H and O–H groups in total. The summed E-state index contributed by atoms with van der Waals surface area (Å²) in [5.41, 5.74) is -0.0227. The highest BCUT2D eigenvalue weighted by atomic mass is 19.4. The predicted molar refractivity (Wildman–Crippen MR) is 108 cm³/mol. The lowest BCUT2D eigenvalue weighted by molar-refractivity contribution is -0.137. The zero-order valence-electron chi connectivity index (χ0n) is 16.5. The van der Waals surface area contributed by atoms with Crippen molar-refractivity contribution in [2.45, 2.75) is 20.0 Å². The predicted octanol–water partition coefficient (Wildman–Crippen LogP) is 4.91. The molecule has 2 aromatic carbocycles. The Morgan fingerprint density at radius 3 is 2.29 bits per heavy atom. The molecule has 0 saturated carbocycles. The summed E-state index contributed by atoms with van der Waals surface area (Å²) in [5.74, 6) is -1.25. The van der Waals surface area contributed by atoms with Gasteiger partial charge in [0.2, 0.25) is 5.56 Å². The number of hydrogen-bond donors (Lipinski definition) is 1. The number of benzene rings is 2. The van der Waals surface area contributed by atoms with E-state index in [9.17, 15) is 27.2 Å². The fourth-order valence-corrected chi connectivity index (χ4v) is 3.75. The van der Waals surface area contributed by atoms with Crippen LogP contribution in [-0.4, -0.2) is 17.6 Å². The molecule has 0 unspecified atom stereocenters. The monoisotopic (exact) mass is 431 g/mol. The van der Waals surface area contributed by atoms with Gasteiger partial charge in [-0.2, -0.15) is 13.2 Å². The average Bonchev–Trinajstić information content (AvgIpc) is 2.69. The summed E-state index contributed by atoms with van der Waals surface area (Å²) >= 11 is 0. The van der Waals surface area contributed by atoms with E-state index in [2.05, 4.69) is 4.98 Å². The smallest absolute Gasteiger partial charge is 0.324 e. The van der Waals surface area contributed by atoms with Crippen molar-refractivity contribution in [2.24, 2.45) is 0 Å². The Hall–Kier alpha value is -3.62. The van der Waals surface area contributed by atoms with Gasteiger partial charge < -0.3 is 9.88 Å². The highest BCUT2D eigenvalue weighted by molar-refractivity contribution is 6.13. The van der Waals surface area contributed by atoms with Gasteiger partial charge in [-0.1, -0.05) is 12.1 Å². The third kappa shape index (κ3) is 3.56. The van der Waals surface area contributed by atoms with Crippen molar-refractivity contribution in [3.8, 4) is 0 Å². The SMILES string of the molecule is Cc1cccc(F)c1N1CN(c2ccc(=O)[nH]c2C)C(=O)c2cc(C(F)(F)F)ccc21. The summed E-state index contributed by atoms with van der Waals surface area (Å²) in [6.07, 6.45) is -4.65. The van der Waals surface area contributed by atoms with E-state index in [0.29, 0.717) is 16.9 Å². The van der Waals surface area contributed by atoms with Crippen LogP contribution in [-0.2, 0) is 6.18 Å². The Bertz CT molecular complexity index is 1230. The minimum atomic E-state index is -4.65. The first-order valence-electron chi connectivity index (χ1n) is 9.33. The summed E-state index contributed by atoms with van der Waals surface area (Å²) in [7, 11) is 0. The van der Waals surface area contributed by atoms with Crippen molar-refractivity contribution in [3.05, 3.63) is 87.1 Å². The fraction of sp³-hybridized carbons (Fsp3) is 0.182. The van der Waals surface area contributed by atoms with Crippen LogP contribution in [0.5, 0.6) is 0 Å². The van der Waals surface area contributed by atoms with Gasteiger partial charge in [0.1, 0.15) is 12.5 Å². The minimum Gasteiger partial charge on any atom is -0.324 e. The summed E-state index contributed by atoms with van der Waals surface area (Å²) < 4.78 is 54.8. The lowest BCUT2D eigenvalue weighted by atomic mass is 10.0. The van der Waals surface area contributed by atoms with E-state index in [-0.39, 0.29) is 29.2 Å². The lowest BCUT2D eigenvalue weighted by Crippen LogP contribution is -2.46. The number of halogens is 4. The normalized spacial score (nSPS) is 14.1. The number of carbonyl (C=O) groups excluding carboxylic acids is 1. The number of rotatable bonds is 2. The highest BCUT2D eigenvalue weighted by Crippen LogP contribution is 2.41. The quantitative estimate of drug-likeness (QED) is 0.587. The van der Waals surface area contributed by atoms with E-state index in [0.717, 1.165) is 12.1 Å². The molecule has 2 heterocycles. The number of para-hydroxylation sites is 1. The summed E-state index contributed by atoms with van der Waals surface area (Å²) in [5, 5.41) is 0. The lowest BCUT2D eigenvalue weighted by Gasteiger charge is -2.39. The zero-order chi connectivity index (χ0) is 22.5. The molecule has 0 bridgehead atoms. The van der Waals surface area contributed by atoms with Gasteiger partial charge in [0.05, 0.1) is 28.2 Å². The number of pyridine rings is 1. The molecular formula is C22H17F4N3O2. The minimum absolute atomic E-state index is 0.147. The van der Waals surface area contributed by atoms with Gasteiger partial charge in [-0.15, -0.1) is 0 Å². The van der Waals surface area contributed by atoms with Gasteiger partial charge in [-0.05, 0) is 49.7 Å². The Kier molecular flexibility index (Phi) is 4.83. The van der Waals surface area contributed by atoms with Crippen molar-refractivity contribution in [3.63, 3.8) is 0 Å². The van der Waals surface area contributed by atoms with Crippen molar-refractivity contribution in [2.75, 3.05) is 16.5 Å². The Labute approximate surface area is 174 Å². The van der Waals surface area contributed by atoms with Crippen molar-refractivity contribution in [1.82, 2.24) is 4.98 Å². The maximum absolute atomic E-state index is 14.8. The second-order valence-electron chi connectivity index (χ2n) is 7.27. The van der Waals surface area contributed by atoms with E-state index < -0.39 is 23.5 Å². The van der Waals surface area contributed by atoms with Crippen LogP contribution in [0, 0.1) is 19.7 Å². The van der Waals surface area contributed by atoms with Gasteiger partial charge in [-0.3, -0.25) is 14.5 Å². The first-order chi connectivity index (χ1) is 14.6. The van der Waals surface area contributed by atoms with E-state index in [1.54, 1.807) is 19.9 Å². The number of H-pyrrole nitrogens is 1. The number of anilines is 3. The molecule has 1 amide bonds. The molecule has 1 aliphatic rings. The van der Waals surface area contributed by atoms with Gasteiger partial charge in [0.15, 0.2) is 0 Å². The molecule has 5 nitrogen and oxygen atoms in total. The number of aromatic amines is 1. The molecule has 9 heteroatoms. The number of amides is 1. The number of carbonyl (C=O) groups is 1. The topological polar surface area (TPSA) is 56.4 Å². The van der Waals surface area contributed by atoms with Crippen LogP contribution < -0.4 is 15.4 Å². The maximum atomic E-state index is 14.8. The molecule has 0 atom stereocenters. The zero-order valence-corrected chi connectivity index (χ0v) is 16.5. The highest BCUT2D eigenvalue weighted by Gasteiger charge is 2.37. The van der Waals surface area contributed by atoms with Gasteiger partial charge in [-0.25, -0.2) is 4.39 Å². The molecule has 0 spiro atoms. The Morgan fingerprint density at radius 1 is 0.935 bits per heavy atom. The van der Waals surface area contributed by atoms with Gasteiger partial charge in [0, 0.05) is 11.8 Å². The van der Waals surface area contributed by atoms with Crippen LogP contribution in [0.4, 0.5) is 34.6 Å². The second kappa shape index (κ2) is 7.26. The van der Waals surface area contributed by atoms with Crippen molar-refractivity contribution in [1.29, 1.82) is 0 Å². The third-order valence-electron chi connectivity index (χ3n) is 5.21. The van der Waals surface area contributed by atoms with E-state index >= 15 is 0 Å². The maximum Gasteiger partial charge on any atom is 0.416 e. The molecule has 31 heavy (non-hydrogen) atoms.